The molecule has 0 bridgehead atoms. The van der Waals surface area contributed by atoms with Crippen LogP contribution in [0.1, 0.15) is 6.42 Å². The van der Waals surface area contributed by atoms with E-state index < -0.39 is 0 Å². The highest BCUT2D eigenvalue weighted by Crippen LogP contribution is 2.19. The molecule has 0 aliphatic rings. The molecular weight excluding hydrogens is 230 g/mol. The molecule has 0 atom stereocenters. The van der Waals surface area contributed by atoms with Gasteiger partial charge in [0.05, 0.1) is 18.5 Å². The third-order valence-corrected chi connectivity index (χ3v) is 2.52. The highest BCUT2D eigenvalue weighted by molar-refractivity contribution is 5.51. The fourth-order valence-electron chi connectivity index (χ4n) is 1.59. The van der Waals surface area contributed by atoms with Crippen molar-refractivity contribution in [3.8, 4) is 5.75 Å². The van der Waals surface area contributed by atoms with E-state index in [1.165, 1.54) is 6.20 Å². The van der Waals surface area contributed by atoms with Gasteiger partial charge in [0.15, 0.2) is 0 Å². The van der Waals surface area contributed by atoms with E-state index >= 15 is 0 Å². The maximum Gasteiger partial charge on any atom is 0.268 e. The van der Waals surface area contributed by atoms with E-state index in [9.17, 15) is 4.79 Å². The Morgan fingerprint density at radius 2 is 2.17 bits per heavy atom. The van der Waals surface area contributed by atoms with Gasteiger partial charge in [-0.25, -0.2) is 0 Å². The SMILES string of the molecule is Nc1ccccc1OCCCn1ccncc1=O. The molecule has 5 heteroatoms. The zero-order valence-corrected chi connectivity index (χ0v) is 9.95. The van der Waals surface area contributed by atoms with Gasteiger partial charge in [0.1, 0.15) is 5.75 Å². The van der Waals surface area contributed by atoms with Crippen molar-refractivity contribution in [2.75, 3.05) is 12.3 Å². The van der Waals surface area contributed by atoms with E-state index in [0.717, 1.165) is 6.42 Å². The molecule has 0 saturated heterocycles. The van der Waals surface area contributed by atoms with E-state index in [4.69, 9.17) is 10.5 Å². The van der Waals surface area contributed by atoms with Crippen LogP contribution in [0.4, 0.5) is 5.69 Å². The number of rotatable bonds is 5. The Morgan fingerprint density at radius 3 is 2.94 bits per heavy atom. The van der Waals surface area contributed by atoms with Gasteiger partial charge in [-0.05, 0) is 18.6 Å². The van der Waals surface area contributed by atoms with Crippen molar-refractivity contribution >= 4 is 5.69 Å². The van der Waals surface area contributed by atoms with Crippen LogP contribution in [0.25, 0.3) is 0 Å². The summed E-state index contributed by atoms with van der Waals surface area (Å²) in [6.45, 7) is 1.12. The van der Waals surface area contributed by atoms with E-state index in [0.29, 0.717) is 24.6 Å². The van der Waals surface area contributed by atoms with Crippen LogP contribution in [0.15, 0.2) is 47.7 Å². The van der Waals surface area contributed by atoms with Crippen molar-refractivity contribution in [2.24, 2.45) is 0 Å². The molecule has 0 spiro atoms. The lowest BCUT2D eigenvalue weighted by atomic mass is 10.3. The summed E-state index contributed by atoms with van der Waals surface area (Å²) in [5.74, 6) is 0.680. The summed E-state index contributed by atoms with van der Waals surface area (Å²) >= 11 is 0. The first-order valence-electron chi connectivity index (χ1n) is 5.75. The minimum absolute atomic E-state index is 0.100. The molecule has 0 saturated carbocycles. The molecule has 0 unspecified atom stereocenters. The number of nitrogen functional groups attached to an aromatic ring is 1. The molecule has 1 aromatic carbocycles. The fourth-order valence-corrected chi connectivity index (χ4v) is 1.59. The maximum absolute atomic E-state index is 11.4. The predicted octanol–water partition coefficient (Wildman–Crippen LogP) is 1.29. The first kappa shape index (κ1) is 12.2. The Bertz CT molecular complexity index is 566. The number of nitrogens with two attached hydrogens (primary N) is 1. The van der Waals surface area contributed by atoms with Gasteiger partial charge in [0.2, 0.25) is 0 Å². The lowest BCUT2D eigenvalue weighted by Gasteiger charge is -2.09. The first-order chi connectivity index (χ1) is 8.77. The van der Waals surface area contributed by atoms with Gasteiger partial charge in [0, 0.05) is 18.9 Å². The molecule has 5 nitrogen and oxygen atoms in total. The highest BCUT2D eigenvalue weighted by atomic mass is 16.5. The maximum atomic E-state index is 11.4. The number of aromatic nitrogens is 2. The van der Waals surface area contributed by atoms with Crippen LogP contribution < -0.4 is 16.0 Å². The quantitative estimate of drug-likeness (QED) is 0.636. The van der Waals surface area contributed by atoms with E-state index in [-0.39, 0.29) is 5.56 Å². The third-order valence-electron chi connectivity index (χ3n) is 2.52. The second kappa shape index (κ2) is 5.86. The predicted molar refractivity (Wildman–Crippen MR) is 69.5 cm³/mol. The van der Waals surface area contributed by atoms with E-state index in [1.54, 1.807) is 23.0 Å². The second-order valence-corrected chi connectivity index (χ2v) is 3.85. The number of nitrogens with zero attached hydrogens (tertiary/aromatic N) is 2. The molecule has 0 aliphatic carbocycles. The van der Waals surface area contributed by atoms with Crippen LogP contribution in [0.2, 0.25) is 0 Å². The van der Waals surface area contributed by atoms with Gasteiger partial charge in [-0.3, -0.25) is 9.78 Å². The molecule has 1 heterocycles. The van der Waals surface area contributed by atoms with E-state index in [1.807, 2.05) is 18.2 Å². The summed E-state index contributed by atoms with van der Waals surface area (Å²) in [6.07, 6.45) is 5.30. The van der Waals surface area contributed by atoms with Crippen LogP contribution in [-0.2, 0) is 6.54 Å². The van der Waals surface area contributed by atoms with Gasteiger partial charge in [0.25, 0.3) is 5.56 Å². The molecule has 0 fully saturated rings. The average molecular weight is 245 g/mol. The number of anilines is 1. The van der Waals surface area contributed by atoms with Crippen molar-refractivity contribution in [1.82, 2.24) is 9.55 Å². The van der Waals surface area contributed by atoms with Crippen LogP contribution in [-0.4, -0.2) is 16.2 Å². The van der Waals surface area contributed by atoms with Gasteiger partial charge in [-0.15, -0.1) is 0 Å². The molecular formula is C13H15N3O2. The Kier molecular flexibility index (Phi) is 3.96. The summed E-state index contributed by atoms with van der Waals surface area (Å²) < 4.78 is 7.14. The zero-order valence-electron chi connectivity index (χ0n) is 9.95. The van der Waals surface area contributed by atoms with Crippen molar-refractivity contribution in [3.05, 3.63) is 53.2 Å². The Labute approximate surface area is 105 Å². The zero-order chi connectivity index (χ0) is 12.8. The van der Waals surface area contributed by atoms with Gasteiger partial charge in [-0.1, -0.05) is 12.1 Å². The van der Waals surface area contributed by atoms with Gasteiger partial charge in [-0.2, -0.15) is 0 Å². The molecule has 1 aromatic heterocycles. The van der Waals surface area contributed by atoms with Crippen molar-refractivity contribution < 1.29 is 4.74 Å². The van der Waals surface area contributed by atoms with Crippen molar-refractivity contribution in [1.29, 1.82) is 0 Å². The van der Waals surface area contributed by atoms with Crippen LogP contribution in [0.3, 0.4) is 0 Å². The first-order valence-corrected chi connectivity index (χ1v) is 5.75. The summed E-state index contributed by atoms with van der Waals surface area (Å²) in [5, 5.41) is 0. The monoisotopic (exact) mass is 245 g/mol. The molecule has 2 rings (SSSR count). The van der Waals surface area contributed by atoms with Gasteiger partial charge < -0.3 is 15.0 Å². The number of hydrogen-bond acceptors (Lipinski definition) is 4. The Balaban J connectivity index is 1.82. The third kappa shape index (κ3) is 3.10. The molecule has 0 radical (unpaired) electrons. The smallest absolute Gasteiger partial charge is 0.268 e. The highest BCUT2D eigenvalue weighted by Gasteiger charge is 1.99. The molecule has 0 amide bonds. The number of ether oxygens (including phenoxy) is 1. The topological polar surface area (TPSA) is 70.1 Å². The molecule has 2 aromatic rings. The van der Waals surface area contributed by atoms with Crippen LogP contribution in [0, 0.1) is 0 Å². The molecule has 2 N–H and O–H groups in total. The second-order valence-electron chi connectivity index (χ2n) is 3.85. The average Bonchev–Trinajstić information content (AvgIpc) is 2.38. The van der Waals surface area contributed by atoms with Crippen LogP contribution in [0.5, 0.6) is 5.75 Å². The summed E-state index contributed by atoms with van der Waals surface area (Å²) in [6, 6.07) is 7.36. The minimum Gasteiger partial charge on any atom is -0.491 e. The molecule has 18 heavy (non-hydrogen) atoms. The Hall–Kier alpha value is -2.30. The standard InChI is InChI=1S/C13H15N3O2/c14-11-4-1-2-5-12(11)18-9-3-7-16-8-6-15-10-13(16)17/h1-2,4-6,8,10H,3,7,9,14H2. The number of para-hydroxylation sites is 2. The molecule has 0 aliphatic heterocycles. The number of hydrogen-bond donors (Lipinski definition) is 1. The Morgan fingerprint density at radius 1 is 1.33 bits per heavy atom. The lowest BCUT2D eigenvalue weighted by Crippen LogP contribution is -2.19. The van der Waals surface area contributed by atoms with Crippen molar-refractivity contribution in [2.45, 2.75) is 13.0 Å². The summed E-state index contributed by atoms with van der Waals surface area (Å²) in [7, 11) is 0. The molecule has 94 valence electrons. The minimum atomic E-state index is -0.100. The summed E-state index contributed by atoms with van der Waals surface area (Å²) in [4.78, 5) is 15.1. The summed E-state index contributed by atoms with van der Waals surface area (Å²) in [5.41, 5.74) is 6.27. The van der Waals surface area contributed by atoms with Crippen LogP contribution >= 0.6 is 0 Å². The van der Waals surface area contributed by atoms with E-state index in [2.05, 4.69) is 4.98 Å². The lowest BCUT2D eigenvalue weighted by molar-refractivity contribution is 0.302. The normalized spacial score (nSPS) is 10.2. The number of benzene rings is 1. The number of aryl methyl sites for hydroxylation is 1. The largest absolute Gasteiger partial charge is 0.491 e. The van der Waals surface area contributed by atoms with Gasteiger partial charge >= 0.3 is 0 Å². The van der Waals surface area contributed by atoms with Crippen molar-refractivity contribution in [3.63, 3.8) is 0 Å². The fraction of sp³-hybridized carbons (Fsp3) is 0.231.